The Kier molecular flexibility index (Phi) is 3.14. The minimum absolute atomic E-state index is 1.14. The van der Waals surface area contributed by atoms with Gasteiger partial charge in [0, 0.05) is 0 Å². The molecule has 0 amide bonds. The molecule has 2 heteroatoms. The Morgan fingerprint density at radius 3 is 2.77 bits per heavy atom. The van der Waals surface area contributed by atoms with Crippen LogP contribution >= 0.6 is 0 Å². The first kappa shape index (κ1) is 8.95. The third-order valence-corrected chi connectivity index (χ3v) is 2.70. The van der Waals surface area contributed by atoms with Gasteiger partial charge in [-0.15, -0.1) is 0 Å². The molecular formula is C11H16BN. The minimum atomic E-state index is 1.14. The predicted molar refractivity (Wildman–Crippen MR) is 56.9 cm³/mol. The van der Waals surface area contributed by atoms with Crippen molar-refractivity contribution >= 4 is 6.91 Å². The molecule has 1 fully saturated rings. The molecule has 68 valence electrons. The van der Waals surface area contributed by atoms with Crippen LogP contribution < -0.4 is 0 Å². The fourth-order valence-corrected chi connectivity index (χ4v) is 1.96. The quantitative estimate of drug-likeness (QED) is 0.661. The summed E-state index contributed by atoms with van der Waals surface area (Å²) in [7, 11) is 0. The van der Waals surface area contributed by atoms with Crippen LogP contribution in [-0.4, -0.2) is 24.9 Å². The van der Waals surface area contributed by atoms with Crippen LogP contribution in [0.15, 0.2) is 24.1 Å². The molecule has 0 aliphatic carbocycles. The summed E-state index contributed by atoms with van der Waals surface area (Å²) in [6, 6.07) is 4.34. The zero-order valence-corrected chi connectivity index (χ0v) is 8.08. The van der Waals surface area contributed by atoms with Crippen molar-refractivity contribution < 1.29 is 0 Å². The Labute approximate surface area is 81.0 Å². The molecule has 1 saturated heterocycles. The molecule has 0 saturated carbocycles. The van der Waals surface area contributed by atoms with Crippen LogP contribution in [-0.2, 0) is 6.54 Å². The fraction of sp³-hybridized carbons (Fsp3) is 0.545. The Morgan fingerprint density at radius 2 is 2.08 bits per heavy atom. The number of hydrogen-bond acceptors (Lipinski definition) is 1. The van der Waals surface area contributed by atoms with E-state index in [4.69, 9.17) is 0 Å². The van der Waals surface area contributed by atoms with Gasteiger partial charge in [-0.25, -0.2) is 0 Å². The van der Waals surface area contributed by atoms with Gasteiger partial charge in [-0.05, 0) is 0 Å². The summed E-state index contributed by atoms with van der Waals surface area (Å²) in [6.07, 6.45) is 4.19. The number of hydrogen-bond donors (Lipinski definition) is 0. The van der Waals surface area contributed by atoms with Crippen molar-refractivity contribution in [1.29, 1.82) is 0 Å². The van der Waals surface area contributed by atoms with Gasteiger partial charge in [-0.2, -0.15) is 0 Å². The van der Waals surface area contributed by atoms with E-state index >= 15 is 0 Å². The molecule has 1 aromatic rings. The van der Waals surface area contributed by atoms with E-state index in [1.165, 1.54) is 37.9 Å². The van der Waals surface area contributed by atoms with Crippen LogP contribution in [0, 0.1) is 0 Å². The zero-order valence-electron chi connectivity index (χ0n) is 8.08. The van der Waals surface area contributed by atoms with Gasteiger partial charge in [0.25, 0.3) is 0 Å². The zero-order chi connectivity index (χ0) is 8.93. The first-order valence-corrected chi connectivity index (χ1v) is 5.21. The molecule has 0 atom stereocenters. The number of nitrogens with zero attached hydrogens (tertiary/aromatic N) is 1. The van der Waals surface area contributed by atoms with Gasteiger partial charge in [0.15, 0.2) is 0 Å². The molecule has 0 bridgehead atoms. The number of piperidine rings is 1. The number of likely N-dealkylation sites (tertiary alicyclic amines) is 1. The first-order valence-electron chi connectivity index (χ1n) is 5.21. The van der Waals surface area contributed by atoms with Crippen molar-refractivity contribution in [3.8, 4) is 0 Å². The van der Waals surface area contributed by atoms with E-state index in [1.54, 1.807) is 0 Å². The van der Waals surface area contributed by atoms with E-state index < -0.39 is 0 Å². The second kappa shape index (κ2) is 4.57. The van der Waals surface area contributed by atoms with E-state index in [1.807, 2.05) is 0 Å². The van der Waals surface area contributed by atoms with Crippen molar-refractivity contribution in [2.45, 2.75) is 25.8 Å². The van der Waals surface area contributed by atoms with Crippen LogP contribution in [0.4, 0.5) is 0 Å². The Bertz CT molecular complexity index is 242. The molecular weight excluding hydrogens is 157 g/mol. The second-order valence-electron chi connectivity index (χ2n) is 3.82. The maximum atomic E-state index is 2.55. The fourth-order valence-electron chi connectivity index (χ4n) is 1.96. The molecule has 1 aliphatic rings. The molecule has 0 unspecified atom stereocenters. The second-order valence-corrected chi connectivity index (χ2v) is 3.82. The maximum absolute atomic E-state index is 2.55. The Hall–Kier alpha value is -0.625. The molecule has 2 rings (SSSR count). The van der Waals surface area contributed by atoms with Crippen LogP contribution in [0.2, 0.25) is 0 Å². The summed E-state index contributed by atoms with van der Waals surface area (Å²) < 4.78 is 0. The molecule has 0 radical (unpaired) electrons. The van der Waals surface area contributed by atoms with Crippen LogP contribution in [0.3, 0.4) is 0 Å². The molecule has 0 aromatic carbocycles. The van der Waals surface area contributed by atoms with Gasteiger partial charge in [0.1, 0.15) is 0 Å². The average Bonchev–Trinajstić information content (AvgIpc) is 2.21. The first-order chi connectivity index (χ1) is 6.45. The van der Waals surface area contributed by atoms with Gasteiger partial charge in [0.05, 0.1) is 0 Å². The van der Waals surface area contributed by atoms with Crippen LogP contribution in [0.25, 0.3) is 0 Å². The molecule has 1 nitrogen and oxygen atoms in total. The third kappa shape index (κ3) is 2.66. The van der Waals surface area contributed by atoms with Gasteiger partial charge < -0.3 is 0 Å². The van der Waals surface area contributed by atoms with Crippen molar-refractivity contribution in [2.24, 2.45) is 0 Å². The number of rotatable bonds is 2. The predicted octanol–water partition coefficient (Wildman–Crippen LogP) is 2.01. The molecule has 13 heavy (non-hydrogen) atoms. The van der Waals surface area contributed by atoms with Crippen molar-refractivity contribution in [1.82, 2.24) is 4.90 Å². The standard InChI is InChI=1S/C11H16BN/c1-2-7-13(8-3-1)10-11-5-4-6-12-9-11/h4-6,9H,1-3,7-8,10H2. The van der Waals surface area contributed by atoms with Crippen molar-refractivity contribution in [3.05, 3.63) is 29.6 Å². The molecule has 1 aliphatic heterocycles. The molecule has 0 spiro atoms. The van der Waals surface area contributed by atoms with E-state index in [2.05, 4.69) is 35.9 Å². The van der Waals surface area contributed by atoms with Crippen LogP contribution in [0.5, 0.6) is 0 Å². The van der Waals surface area contributed by atoms with Crippen LogP contribution in [0.1, 0.15) is 24.8 Å². The monoisotopic (exact) mass is 173 g/mol. The topological polar surface area (TPSA) is 3.24 Å². The van der Waals surface area contributed by atoms with E-state index in [0.29, 0.717) is 0 Å². The summed E-state index contributed by atoms with van der Waals surface area (Å²) in [5.74, 6) is 4.30. The molecule has 0 N–H and O–H groups in total. The van der Waals surface area contributed by atoms with Gasteiger partial charge in [-0.1, -0.05) is 0 Å². The summed E-state index contributed by atoms with van der Waals surface area (Å²) in [5.41, 5.74) is 1.45. The van der Waals surface area contributed by atoms with E-state index in [-0.39, 0.29) is 0 Å². The SMILES string of the molecule is b1cccc(CN2CCCCC2)c1. The molecule has 2 heterocycles. The van der Waals surface area contributed by atoms with Gasteiger partial charge in [-0.3, -0.25) is 0 Å². The normalized spacial score (nSPS) is 18.5. The Balaban J connectivity index is 1.90. The summed E-state index contributed by atoms with van der Waals surface area (Å²) >= 11 is 0. The van der Waals surface area contributed by atoms with Crippen molar-refractivity contribution in [2.75, 3.05) is 13.1 Å². The third-order valence-electron chi connectivity index (χ3n) is 2.70. The summed E-state index contributed by atoms with van der Waals surface area (Å²) in [4.78, 5) is 2.55. The summed E-state index contributed by atoms with van der Waals surface area (Å²) in [5, 5.41) is 0. The van der Waals surface area contributed by atoms with Gasteiger partial charge >= 0.3 is 80.3 Å². The Morgan fingerprint density at radius 1 is 1.23 bits per heavy atom. The van der Waals surface area contributed by atoms with E-state index in [0.717, 1.165) is 6.54 Å². The average molecular weight is 173 g/mol. The van der Waals surface area contributed by atoms with E-state index in [9.17, 15) is 0 Å². The van der Waals surface area contributed by atoms with Crippen molar-refractivity contribution in [3.63, 3.8) is 0 Å². The molecule has 1 aromatic heterocycles. The van der Waals surface area contributed by atoms with Gasteiger partial charge in [0.2, 0.25) is 0 Å². The summed E-state index contributed by atoms with van der Waals surface area (Å²) in [6.45, 7) is 5.84.